The third-order valence-corrected chi connectivity index (χ3v) is 5.65. The van der Waals surface area contributed by atoms with Gasteiger partial charge in [-0.05, 0) is 42.5 Å². The van der Waals surface area contributed by atoms with Crippen molar-refractivity contribution < 1.29 is 8.78 Å². The Morgan fingerprint density at radius 3 is 2.55 bits per heavy atom. The van der Waals surface area contributed by atoms with Crippen LogP contribution in [0.1, 0.15) is 24.3 Å². The molecular formula is C24H17F2N5. The summed E-state index contributed by atoms with van der Waals surface area (Å²) in [7, 11) is 0. The summed E-state index contributed by atoms with van der Waals surface area (Å²) in [5.41, 5.74) is 3.17. The Balaban J connectivity index is 1.52. The van der Waals surface area contributed by atoms with E-state index < -0.39 is 11.6 Å². The number of hydrogen-bond donors (Lipinski definition) is 2. The van der Waals surface area contributed by atoms with Crippen LogP contribution in [0.2, 0.25) is 0 Å². The molecule has 0 unspecified atom stereocenters. The Hall–Kier alpha value is -3.87. The van der Waals surface area contributed by atoms with E-state index in [1.165, 1.54) is 24.5 Å². The van der Waals surface area contributed by atoms with Gasteiger partial charge in [0.25, 0.3) is 0 Å². The van der Waals surface area contributed by atoms with Gasteiger partial charge in [0.15, 0.2) is 17.5 Å². The lowest BCUT2D eigenvalue weighted by atomic mass is 10.0. The molecule has 2 heterocycles. The van der Waals surface area contributed by atoms with Crippen LogP contribution in [-0.4, -0.2) is 20.2 Å². The highest BCUT2D eigenvalue weighted by atomic mass is 19.1. The number of nitrogens with one attached hydrogen (secondary N) is 2. The minimum atomic E-state index is -0.692. The average molecular weight is 413 g/mol. The summed E-state index contributed by atoms with van der Waals surface area (Å²) in [6.07, 6.45) is 2.35. The topological polar surface area (TPSA) is 66.5 Å². The fourth-order valence-electron chi connectivity index (χ4n) is 4.00. The van der Waals surface area contributed by atoms with E-state index in [1.807, 2.05) is 42.5 Å². The van der Waals surface area contributed by atoms with Crippen molar-refractivity contribution in [1.29, 1.82) is 0 Å². The van der Waals surface area contributed by atoms with Crippen LogP contribution < -0.4 is 5.32 Å². The number of aromatic nitrogens is 4. The van der Waals surface area contributed by atoms with E-state index in [1.54, 1.807) is 0 Å². The summed E-state index contributed by atoms with van der Waals surface area (Å²) in [5, 5.41) is 11.1. The fourth-order valence-corrected chi connectivity index (χ4v) is 4.00. The van der Waals surface area contributed by atoms with Gasteiger partial charge in [-0.25, -0.2) is 18.7 Å². The maximum atomic E-state index is 14.1. The number of halogens is 2. The first-order valence-corrected chi connectivity index (χ1v) is 10.1. The standard InChI is InChI=1S/C24H17F2N5/c25-14-11-18-21(19(26)12-14)30-31-24(18)29-23-17-7-3-4-8-20(17)27-22(28-23)16-6-2-1-5-15(16)13-9-10-13/h1-8,11-13H,9-10H2,(H2,27,28,29,30,31). The summed E-state index contributed by atoms with van der Waals surface area (Å²) in [6, 6.07) is 17.9. The summed E-state index contributed by atoms with van der Waals surface area (Å²) >= 11 is 0. The second-order valence-electron chi connectivity index (χ2n) is 7.78. The molecule has 152 valence electrons. The molecule has 2 N–H and O–H groups in total. The van der Waals surface area contributed by atoms with Crippen molar-refractivity contribution in [1.82, 2.24) is 20.2 Å². The fraction of sp³-hybridized carbons (Fsp3) is 0.125. The number of rotatable bonds is 4. The summed E-state index contributed by atoms with van der Waals surface area (Å²) in [4.78, 5) is 9.60. The molecule has 1 saturated carbocycles. The van der Waals surface area contributed by atoms with Crippen LogP contribution in [0.25, 0.3) is 33.2 Å². The first kappa shape index (κ1) is 17.9. The second-order valence-corrected chi connectivity index (χ2v) is 7.78. The predicted octanol–water partition coefficient (Wildman–Crippen LogP) is 6.07. The molecule has 5 nitrogen and oxygen atoms in total. The summed E-state index contributed by atoms with van der Waals surface area (Å²) < 4.78 is 27.9. The number of benzene rings is 3. The van der Waals surface area contributed by atoms with E-state index >= 15 is 0 Å². The normalized spacial score (nSPS) is 13.7. The van der Waals surface area contributed by atoms with Crippen molar-refractivity contribution in [3.63, 3.8) is 0 Å². The van der Waals surface area contributed by atoms with Crippen molar-refractivity contribution in [2.24, 2.45) is 0 Å². The van der Waals surface area contributed by atoms with Gasteiger partial charge in [0.05, 0.1) is 10.9 Å². The van der Waals surface area contributed by atoms with E-state index in [2.05, 4.69) is 21.6 Å². The minimum Gasteiger partial charge on any atom is -0.322 e. The van der Waals surface area contributed by atoms with Crippen molar-refractivity contribution in [2.75, 3.05) is 5.32 Å². The molecule has 0 radical (unpaired) electrons. The average Bonchev–Trinajstić information content (AvgIpc) is 3.55. The Labute approximate surface area is 176 Å². The molecule has 0 amide bonds. The molecule has 31 heavy (non-hydrogen) atoms. The molecule has 1 aliphatic carbocycles. The maximum Gasteiger partial charge on any atom is 0.162 e. The molecular weight excluding hydrogens is 396 g/mol. The molecule has 1 aliphatic rings. The Kier molecular flexibility index (Phi) is 3.96. The second kappa shape index (κ2) is 6.84. The SMILES string of the molecule is Fc1cc(F)c2[nH]nc(Nc3nc(-c4ccccc4C4CC4)nc4ccccc34)c2c1. The number of hydrogen-bond acceptors (Lipinski definition) is 4. The molecule has 0 aliphatic heterocycles. The quantitative estimate of drug-likeness (QED) is 0.375. The van der Waals surface area contributed by atoms with Crippen LogP contribution in [0.5, 0.6) is 0 Å². The largest absolute Gasteiger partial charge is 0.322 e. The van der Waals surface area contributed by atoms with Crippen molar-refractivity contribution in [2.45, 2.75) is 18.8 Å². The van der Waals surface area contributed by atoms with Crippen LogP contribution >= 0.6 is 0 Å². The number of para-hydroxylation sites is 1. The molecule has 5 aromatic rings. The zero-order chi connectivity index (χ0) is 20.9. The van der Waals surface area contributed by atoms with Crippen LogP contribution in [-0.2, 0) is 0 Å². The number of aromatic amines is 1. The van der Waals surface area contributed by atoms with Crippen LogP contribution in [0.3, 0.4) is 0 Å². The zero-order valence-corrected chi connectivity index (χ0v) is 16.4. The molecule has 0 saturated heterocycles. The Morgan fingerprint density at radius 1 is 0.871 bits per heavy atom. The highest BCUT2D eigenvalue weighted by Crippen LogP contribution is 2.44. The molecule has 0 spiro atoms. The molecule has 0 bridgehead atoms. The number of anilines is 2. The lowest BCUT2D eigenvalue weighted by Gasteiger charge is -2.12. The van der Waals surface area contributed by atoms with Gasteiger partial charge in [0, 0.05) is 17.0 Å². The van der Waals surface area contributed by atoms with Gasteiger partial charge in [-0.3, -0.25) is 5.10 Å². The van der Waals surface area contributed by atoms with Crippen molar-refractivity contribution in [3.05, 3.63) is 77.9 Å². The molecule has 2 aromatic heterocycles. The van der Waals surface area contributed by atoms with Gasteiger partial charge in [-0.15, -0.1) is 0 Å². The van der Waals surface area contributed by atoms with E-state index in [4.69, 9.17) is 9.97 Å². The number of nitrogens with zero attached hydrogens (tertiary/aromatic N) is 3. The highest BCUT2D eigenvalue weighted by molar-refractivity contribution is 5.97. The lowest BCUT2D eigenvalue weighted by molar-refractivity contribution is 0.590. The van der Waals surface area contributed by atoms with Gasteiger partial charge in [-0.1, -0.05) is 36.4 Å². The smallest absolute Gasteiger partial charge is 0.162 e. The first-order valence-electron chi connectivity index (χ1n) is 10.1. The van der Waals surface area contributed by atoms with Gasteiger partial charge in [0.1, 0.15) is 17.2 Å². The van der Waals surface area contributed by atoms with Gasteiger partial charge in [0.2, 0.25) is 0 Å². The van der Waals surface area contributed by atoms with Crippen LogP contribution in [0.15, 0.2) is 60.7 Å². The van der Waals surface area contributed by atoms with Crippen molar-refractivity contribution in [3.8, 4) is 11.4 Å². The molecule has 7 heteroatoms. The molecule has 6 rings (SSSR count). The molecule has 1 fully saturated rings. The lowest BCUT2D eigenvalue weighted by Crippen LogP contribution is -2.01. The third kappa shape index (κ3) is 3.09. The predicted molar refractivity (Wildman–Crippen MR) is 116 cm³/mol. The third-order valence-electron chi connectivity index (χ3n) is 5.65. The zero-order valence-electron chi connectivity index (χ0n) is 16.4. The van der Waals surface area contributed by atoms with Crippen LogP contribution in [0.4, 0.5) is 20.4 Å². The van der Waals surface area contributed by atoms with E-state index in [9.17, 15) is 8.78 Å². The van der Waals surface area contributed by atoms with Gasteiger partial charge in [-0.2, -0.15) is 5.10 Å². The molecule has 3 aromatic carbocycles. The van der Waals surface area contributed by atoms with Gasteiger partial charge >= 0.3 is 0 Å². The Bertz CT molecular complexity index is 1460. The minimum absolute atomic E-state index is 0.140. The highest BCUT2D eigenvalue weighted by Gasteiger charge is 2.27. The Morgan fingerprint density at radius 2 is 1.68 bits per heavy atom. The summed E-state index contributed by atoms with van der Waals surface area (Å²) in [5.74, 6) is 0.635. The monoisotopic (exact) mass is 413 g/mol. The number of H-pyrrole nitrogens is 1. The van der Waals surface area contributed by atoms with Crippen molar-refractivity contribution >= 4 is 33.4 Å². The number of fused-ring (bicyclic) bond motifs is 2. The van der Waals surface area contributed by atoms with E-state index in [0.717, 1.165) is 22.5 Å². The summed E-state index contributed by atoms with van der Waals surface area (Å²) in [6.45, 7) is 0. The maximum absolute atomic E-state index is 14.1. The molecule has 0 atom stereocenters. The van der Waals surface area contributed by atoms with E-state index in [-0.39, 0.29) is 5.52 Å². The van der Waals surface area contributed by atoms with Gasteiger partial charge < -0.3 is 5.32 Å². The first-order chi connectivity index (χ1) is 15.2. The van der Waals surface area contributed by atoms with Crippen LogP contribution in [0, 0.1) is 11.6 Å². The van der Waals surface area contributed by atoms with E-state index in [0.29, 0.717) is 28.8 Å².